The fraction of sp³-hybridized carbons (Fsp3) is 0. The van der Waals surface area contributed by atoms with Crippen LogP contribution in [0.2, 0.25) is 0 Å². The Morgan fingerprint density at radius 1 is 0.808 bits per heavy atom. The van der Waals surface area contributed by atoms with Crippen molar-refractivity contribution < 1.29 is 48.1 Å². The lowest BCUT2D eigenvalue weighted by Gasteiger charge is -1.79. The number of furan rings is 2. The topological polar surface area (TPSA) is 221 Å². The van der Waals surface area contributed by atoms with E-state index in [9.17, 15) is 29.8 Å². The van der Waals surface area contributed by atoms with Crippen LogP contribution in [0.5, 0.6) is 0 Å². The Morgan fingerprint density at radius 3 is 1.23 bits per heavy atom. The largest absolute Gasteiger partial charge is 0.473 e. The molecule has 0 bridgehead atoms. The van der Waals surface area contributed by atoms with Gasteiger partial charge in [0.15, 0.2) is 24.1 Å². The molecule has 0 unspecified atom stereocenters. The van der Waals surface area contributed by atoms with Gasteiger partial charge in [0, 0.05) is 0 Å². The molecule has 0 aliphatic heterocycles. The average molecular weight is 372 g/mol. The molecule has 0 aliphatic carbocycles. The highest BCUT2D eigenvalue weighted by molar-refractivity contribution is 6.27. The van der Waals surface area contributed by atoms with E-state index in [4.69, 9.17) is 19.8 Å². The Balaban J connectivity index is 0.000000375. The molecule has 2 aromatic rings. The molecule has 0 aliphatic rings. The summed E-state index contributed by atoms with van der Waals surface area (Å²) in [5.41, 5.74) is 0. The van der Waals surface area contributed by atoms with Gasteiger partial charge in [-0.05, 0) is 12.1 Å². The normalized spacial score (nSPS) is 8.77. The Labute approximate surface area is 141 Å². The average Bonchev–Trinajstić information content (AvgIpc) is 3.25. The van der Waals surface area contributed by atoms with E-state index in [0.29, 0.717) is 12.6 Å². The van der Waals surface area contributed by atoms with Crippen molar-refractivity contribution in [1.82, 2.24) is 0 Å². The standard InChI is InChI=1S/2C5H3NO4.C2H2O4/c2*7-3-4-1-2-5(10-4)6(8)9;3-1(4)2(5)6/h2*1-3H;(H,3,4)(H,5,6). The van der Waals surface area contributed by atoms with Gasteiger partial charge in [-0.15, -0.1) is 0 Å². The summed E-state index contributed by atoms with van der Waals surface area (Å²) in [6.07, 6.45) is 0.819. The zero-order valence-electron chi connectivity index (χ0n) is 12.3. The van der Waals surface area contributed by atoms with Crippen LogP contribution in [0.3, 0.4) is 0 Å². The molecule has 14 heteroatoms. The van der Waals surface area contributed by atoms with Crippen LogP contribution in [0.15, 0.2) is 33.1 Å². The number of hydrogen-bond donors (Lipinski definition) is 2. The molecule has 0 amide bonds. The van der Waals surface area contributed by atoms with E-state index in [1.165, 1.54) is 12.1 Å². The van der Waals surface area contributed by atoms with Gasteiger partial charge in [0.05, 0.1) is 12.1 Å². The van der Waals surface area contributed by atoms with Crippen LogP contribution in [0.25, 0.3) is 0 Å². The maximum atomic E-state index is 9.93. The molecule has 2 N–H and O–H groups in total. The first-order chi connectivity index (χ1) is 12.1. The first-order valence-electron chi connectivity index (χ1n) is 5.97. The Kier molecular flexibility index (Phi) is 8.67. The molecule has 0 fully saturated rings. The van der Waals surface area contributed by atoms with E-state index in [-0.39, 0.29) is 11.5 Å². The second kappa shape index (κ2) is 10.4. The summed E-state index contributed by atoms with van der Waals surface area (Å²) in [5, 5.41) is 34.6. The summed E-state index contributed by atoms with van der Waals surface area (Å²) in [6, 6.07) is 4.74. The van der Waals surface area contributed by atoms with Crippen LogP contribution in [-0.2, 0) is 9.59 Å². The van der Waals surface area contributed by atoms with Gasteiger partial charge in [0.2, 0.25) is 0 Å². The monoisotopic (exact) mass is 372 g/mol. The Hall–Kier alpha value is -4.36. The third kappa shape index (κ3) is 7.77. The number of rotatable bonds is 4. The number of aldehydes is 2. The first-order valence-corrected chi connectivity index (χ1v) is 5.97. The van der Waals surface area contributed by atoms with Crippen LogP contribution >= 0.6 is 0 Å². The highest BCUT2D eigenvalue weighted by atomic mass is 16.7. The maximum absolute atomic E-state index is 9.93. The molecule has 26 heavy (non-hydrogen) atoms. The SMILES string of the molecule is O=C(O)C(=O)O.O=Cc1ccc([N+](=O)[O-])o1.O=Cc1ccc([N+](=O)[O-])o1. The molecule has 14 nitrogen and oxygen atoms in total. The van der Waals surface area contributed by atoms with Gasteiger partial charge in [-0.3, -0.25) is 29.8 Å². The number of carboxylic acid groups (broad SMARTS) is 2. The second-order valence-corrected chi connectivity index (χ2v) is 3.71. The fourth-order valence-electron chi connectivity index (χ4n) is 1.01. The van der Waals surface area contributed by atoms with Crippen molar-refractivity contribution in [2.75, 3.05) is 0 Å². The van der Waals surface area contributed by atoms with Gasteiger partial charge in [0.25, 0.3) is 0 Å². The minimum atomic E-state index is -1.82. The van der Waals surface area contributed by atoms with Crippen LogP contribution in [-0.4, -0.2) is 44.6 Å². The van der Waals surface area contributed by atoms with Crippen molar-refractivity contribution in [3.05, 3.63) is 56.0 Å². The fourth-order valence-corrected chi connectivity index (χ4v) is 1.01. The molecule has 138 valence electrons. The Morgan fingerprint density at radius 2 is 1.12 bits per heavy atom. The summed E-state index contributed by atoms with van der Waals surface area (Å²) in [7, 11) is 0. The summed E-state index contributed by atoms with van der Waals surface area (Å²) in [4.78, 5) is 56.5. The van der Waals surface area contributed by atoms with Crippen molar-refractivity contribution in [2.24, 2.45) is 0 Å². The molecular weight excluding hydrogens is 364 g/mol. The maximum Gasteiger partial charge on any atom is 0.433 e. The number of carbonyl (C=O) groups is 4. The van der Waals surface area contributed by atoms with Crippen molar-refractivity contribution in [1.29, 1.82) is 0 Å². The summed E-state index contributed by atoms with van der Waals surface area (Å²) < 4.78 is 8.85. The van der Waals surface area contributed by atoms with Crippen molar-refractivity contribution >= 4 is 36.3 Å². The van der Waals surface area contributed by atoms with Crippen molar-refractivity contribution in [3.8, 4) is 0 Å². The molecule has 0 aromatic carbocycles. The predicted octanol–water partition coefficient (Wildman–Crippen LogP) is 1.16. The molecule has 0 atom stereocenters. The van der Waals surface area contributed by atoms with Gasteiger partial charge < -0.3 is 19.0 Å². The molecule has 0 saturated heterocycles. The molecule has 2 heterocycles. The third-order valence-electron chi connectivity index (χ3n) is 2.00. The quantitative estimate of drug-likeness (QED) is 0.334. The van der Waals surface area contributed by atoms with E-state index < -0.39 is 33.6 Å². The number of nitrogens with zero attached hydrogens (tertiary/aromatic N) is 2. The number of carboxylic acids is 2. The lowest BCUT2D eigenvalue weighted by molar-refractivity contribution is -0.402. The number of carbonyl (C=O) groups excluding carboxylic acids is 2. The van der Waals surface area contributed by atoms with Gasteiger partial charge >= 0.3 is 23.7 Å². The zero-order chi connectivity index (χ0) is 20.3. The number of hydrogen-bond acceptors (Lipinski definition) is 10. The van der Waals surface area contributed by atoms with E-state index in [1.807, 2.05) is 0 Å². The second-order valence-electron chi connectivity index (χ2n) is 3.71. The predicted molar refractivity (Wildman–Crippen MR) is 76.8 cm³/mol. The highest BCUT2D eigenvalue weighted by Gasteiger charge is 2.10. The minimum absolute atomic E-state index is 0.0355. The van der Waals surface area contributed by atoms with Crippen LogP contribution in [0, 0.1) is 20.2 Å². The number of nitro groups is 2. The molecule has 0 saturated carbocycles. The summed E-state index contributed by atoms with van der Waals surface area (Å²) in [5.74, 6) is -4.55. The van der Waals surface area contributed by atoms with Gasteiger partial charge in [-0.1, -0.05) is 0 Å². The highest BCUT2D eigenvalue weighted by Crippen LogP contribution is 2.13. The molecule has 0 radical (unpaired) electrons. The number of aliphatic carboxylic acids is 2. The third-order valence-corrected chi connectivity index (χ3v) is 2.00. The van der Waals surface area contributed by atoms with Crippen LogP contribution in [0.1, 0.15) is 21.1 Å². The Bertz CT molecular complexity index is 750. The van der Waals surface area contributed by atoms with Crippen molar-refractivity contribution in [2.45, 2.75) is 0 Å². The smallest absolute Gasteiger partial charge is 0.433 e. The van der Waals surface area contributed by atoms with Gasteiger partial charge in [-0.2, -0.15) is 0 Å². The lowest BCUT2D eigenvalue weighted by atomic mass is 10.5. The molecule has 2 rings (SSSR count). The van der Waals surface area contributed by atoms with E-state index in [1.54, 1.807) is 0 Å². The molecule has 2 aromatic heterocycles. The van der Waals surface area contributed by atoms with Crippen LogP contribution in [0.4, 0.5) is 11.8 Å². The first kappa shape index (κ1) is 21.6. The van der Waals surface area contributed by atoms with Gasteiger partial charge in [-0.25, -0.2) is 9.59 Å². The lowest BCUT2D eigenvalue weighted by Crippen LogP contribution is -2.09. The van der Waals surface area contributed by atoms with Crippen LogP contribution < -0.4 is 0 Å². The van der Waals surface area contributed by atoms with E-state index in [0.717, 1.165) is 12.1 Å². The molecule has 0 spiro atoms. The molecular formula is C12H8N2O12. The summed E-state index contributed by atoms with van der Waals surface area (Å²) in [6.45, 7) is 0. The van der Waals surface area contributed by atoms with E-state index >= 15 is 0 Å². The van der Waals surface area contributed by atoms with Gasteiger partial charge in [0.1, 0.15) is 9.85 Å². The zero-order valence-corrected chi connectivity index (χ0v) is 12.3. The van der Waals surface area contributed by atoms with Crippen molar-refractivity contribution in [3.63, 3.8) is 0 Å². The minimum Gasteiger partial charge on any atom is -0.473 e. The van der Waals surface area contributed by atoms with E-state index in [2.05, 4.69) is 8.83 Å². The summed E-state index contributed by atoms with van der Waals surface area (Å²) >= 11 is 0.